The molecule has 5 heteroatoms. The second kappa shape index (κ2) is 7.31. The van der Waals surface area contributed by atoms with Crippen LogP contribution >= 0.6 is 0 Å². The third-order valence-corrected chi connectivity index (χ3v) is 3.43. The van der Waals surface area contributed by atoms with E-state index in [-0.39, 0.29) is 11.7 Å². The van der Waals surface area contributed by atoms with Crippen molar-refractivity contribution in [3.63, 3.8) is 0 Å². The maximum absolute atomic E-state index is 13.4. The van der Waals surface area contributed by atoms with Crippen LogP contribution in [0.4, 0.5) is 4.39 Å². The Labute approximate surface area is 125 Å². The van der Waals surface area contributed by atoms with E-state index >= 15 is 0 Å². The van der Waals surface area contributed by atoms with Crippen LogP contribution in [0.5, 0.6) is 0 Å². The van der Waals surface area contributed by atoms with Gasteiger partial charge in [-0.2, -0.15) is 5.10 Å². The van der Waals surface area contributed by atoms with Crippen LogP contribution in [0.15, 0.2) is 30.6 Å². The number of likely N-dealkylation sites (N-methyl/N-ethyl adjacent to an activating group) is 1. The first-order valence-corrected chi connectivity index (χ1v) is 7.37. The first-order chi connectivity index (χ1) is 10.1. The summed E-state index contributed by atoms with van der Waals surface area (Å²) in [5.74, 6) is 1.45. The molecule has 0 spiro atoms. The zero-order valence-electron chi connectivity index (χ0n) is 12.9. The van der Waals surface area contributed by atoms with E-state index in [4.69, 9.17) is 0 Å². The van der Waals surface area contributed by atoms with Gasteiger partial charge in [-0.25, -0.2) is 14.1 Å². The summed E-state index contributed by atoms with van der Waals surface area (Å²) in [5, 5.41) is 7.47. The Morgan fingerprint density at radius 2 is 2.14 bits per heavy atom. The highest BCUT2D eigenvalue weighted by Crippen LogP contribution is 2.20. The Hall–Kier alpha value is -1.75. The van der Waals surface area contributed by atoms with Crippen molar-refractivity contribution in [2.75, 3.05) is 13.6 Å². The van der Waals surface area contributed by atoms with E-state index < -0.39 is 0 Å². The molecule has 0 aliphatic carbocycles. The predicted octanol–water partition coefficient (Wildman–Crippen LogP) is 2.62. The molecule has 1 N–H and O–H groups in total. The monoisotopic (exact) mass is 290 g/mol. The van der Waals surface area contributed by atoms with Gasteiger partial charge in [-0.1, -0.05) is 26.0 Å². The topological polar surface area (TPSA) is 42.7 Å². The molecule has 1 unspecified atom stereocenters. The van der Waals surface area contributed by atoms with E-state index in [2.05, 4.69) is 29.2 Å². The number of nitrogens with zero attached hydrogens (tertiary/aromatic N) is 3. The summed E-state index contributed by atoms with van der Waals surface area (Å²) >= 11 is 0. The molecule has 0 aliphatic heterocycles. The van der Waals surface area contributed by atoms with Crippen molar-refractivity contribution in [2.24, 2.45) is 5.92 Å². The second-order valence-electron chi connectivity index (χ2n) is 5.77. The Morgan fingerprint density at radius 3 is 2.81 bits per heavy atom. The highest BCUT2D eigenvalue weighted by Gasteiger charge is 2.16. The number of aromatic nitrogens is 3. The van der Waals surface area contributed by atoms with Gasteiger partial charge in [0.05, 0.1) is 0 Å². The minimum absolute atomic E-state index is 0.181. The third-order valence-electron chi connectivity index (χ3n) is 3.43. The molecule has 0 radical (unpaired) electrons. The maximum Gasteiger partial charge on any atom is 0.138 e. The Balaban J connectivity index is 2.18. The predicted molar refractivity (Wildman–Crippen MR) is 81.6 cm³/mol. The zero-order chi connectivity index (χ0) is 15.2. The lowest BCUT2D eigenvalue weighted by Gasteiger charge is -2.17. The van der Waals surface area contributed by atoms with Crippen LogP contribution in [-0.4, -0.2) is 28.4 Å². The van der Waals surface area contributed by atoms with Crippen molar-refractivity contribution >= 4 is 0 Å². The smallest absolute Gasteiger partial charge is 0.138 e. The number of rotatable bonds is 7. The minimum atomic E-state index is -0.197. The van der Waals surface area contributed by atoms with E-state index in [0.717, 1.165) is 30.9 Å². The second-order valence-corrected chi connectivity index (χ2v) is 5.77. The lowest BCUT2D eigenvalue weighted by Crippen LogP contribution is -2.21. The van der Waals surface area contributed by atoms with Crippen LogP contribution in [0, 0.1) is 11.7 Å². The van der Waals surface area contributed by atoms with Crippen molar-refractivity contribution in [1.29, 1.82) is 0 Å². The van der Waals surface area contributed by atoms with Crippen molar-refractivity contribution in [3.05, 3.63) is 47.8 Å². The van der Waals surface area contributed by atoms with Gasteiger partial charge >= 0.3 is 0 Å². The van der Waals surface area contributed by atoms with Crippen LogP contribution in [0.3, 0.4) is 0 Å². The lowest BCUT2D eigenvalue weighted by atomic mass is 9.95. The van der Waals surface area contributed by atoms with Crippen molar-refractivity contribution in [2.45, 2.75) is 32.7 Å². The van der Waals surface area contributed by atoms with E-state index in [9.17, 15) is 4.39 Å². The van der Waals surface area contributed by atoms with Crippen LogP contribution in [0.2, 0.25) is 0 Å². The van der Waals surface area contributed by atoms with Gasteiger partial charge in [-0.15, -0.1) is 0 Å². The van der Waals surface area contributed by atoms with Crippen LogP contribution < -0.4 is 5.32 Å². The van der Waals surface area contributed by atoms with Crippen molar-refractivity contribution in [1.82, 2.24) is 20.1 Å². The summed E-state index contributed by atoms with van der Waals surface area (Å²) in [5.41, 5.74) is 0.989. The molecule has 0 amide bonds. The summed E-state index contributed by atoms with van der Waals surface area (Å²) in [6, 6.07) is 6.80. The van der Waals surface area contributed by atoms with Gasteiger partial charge in [0.15, 0.2) is 0 Å². The first-order valence-electron chi connectivity index (χ1n) is 7.37. The zero-order valence-corrected chi connectivity index (χ0v) is 12.9. The average Bonchev–Trinajstić information content (AvgIpc) is 2.85. The molecular formula is C16H23FN4. The quantitative estimate of drug-likeness (QED) is 0.852. The maximum atomic E-state index is 13.4. The lowest BCUT2D eigenvalue weighted by molar-refractivity contribution is 0.456. The Kier molecular flexibility index (Phi) is 5.44. The molecule has 1 aromatic heterocycles. The summed E-state index contributed by atoms with van der Waals surface area (Å²) in [6.45, 7) is 5.94. The largest absolute Gasteiger partial charge is 0.319 e. The summed E-state index contributed by atoms with van der Waals surface area (Å²) < 4.78 is 15.4. The molecule has 114 valence electrons. The summed E-state index contributed by atoms with van der Waals surface area (Å²) in [7, 11) is 1.91. The molecule has 1 aromatic carbocycles. The Bertz CT molecular complexity index is 565. The van der Waals surface area contributed by atoms with Gasteiger partial charge in [0.1, 0.15) is 18.0 Å². The van der Waals surface area contributed by atoms with Crippen molar-refractivity contribution in [3.8, 4) is 0 Å². The molecule has 1 heterocycles. The fourth-order valence-electron chi connectivity index (χ4n) is 2.48. The molecule has 0 saturated heterocycles. The van der Waals surface area contributed by atoms with E-state index in [1.54, 1.807) is 18.5 Å². The van der Waals surface area contributed by atoms with Crippen LogP contribution in [0.1, 0.15) is 31.2 Å². The number of nitrogens with one attached hydrogen (secondary N) is 1. The molecule has 21 heavy (non-hydrogen) atoms. The van der Waals surface area contributed by atoms with Gasteiger partial charge in [0, 0.05) is 25.4 Å². The number of halogens is 1. The molecule has 4 nitrogen and oxygen atoms in total. The molecule has 1 atom stereocenters. The molecule has 0 aliphatic rings. The molecular weight excluding hydrogens is 267 g/mol. The van der Waals surface area contributed by atoms with Gasteiger partial charge in [-0.3, -0.25) is 0 Å². The van der Waals surface area contributed by atoms with Crippen LogP contribution in [-0.2, 0) is 13.0 Å². The third kappa shape index (κ3) is 4.36. The van der Waals surface area contributed by atoms with E-state index in [1.165, 1.54) is 6.07 Å². The fraction of sp³-hybridized carbons (Fsp3) is 0.500. The van der Waals surface area contributed by atoms with Gasteiger partial charge in [0.2, 0.25) is 0 Å². The van der Waals surface area contributed by atoms with E-state index in [0.29, 0.717) is 5.92 Å². The normalized spacial score (nSPS) is 12.8. The van der Waals surface area contributed by atoms with Crippen molar-refractivity contribution < 1.29 is 4.39 Å². The van der Waals surface area contributed by atoms with Gasteiger partial charge in [0.25, 0.3) is 0 Å². The molecule has 2 aromatic rings. The molecule has 0 bridgehead atoms. The van der Waals surface area contributed by atoms with E-state index in [1.807, 2.05) is 17.8 Å². The highest BCUT2D eigenvalue weighted by atomic mass is 19.1. The minimum Gasteiger partial charge on any atom is -0.319 e. The molecule has 2 rings (SSSR count). The Morgan fingerprint density at radius 1 is 1.33 bits per heavy atom. The van der Waals surface area contributed by atoms with Crippen LogP contribution in [0.25, 0.3) is 0 Å². The summed E-state index contributed by atoms with van der Waals surface area (Å²) in [6.07, 6.45) is 2.34. The molecule has 0 saturated carbocycles. The first kappa shape index (κ1) is 15.6. The number of hydrogen-bond donors (Lipinski definition) is 1. The van der Waals surface area contributed by atoms with Gasteiger partial charge in [-0.05, 0) is 30.7 Å². The SMILES string of the molecule is CNCC(Cc1ncnn1CC(C)C)c1cccc(F)c1. The standard InChI is InChI=1S/C16H23FN4/c1-12(2)10-21-16(19-11-20-21)8-14(9-18-3)13-5-4-6-15(17)7-13/h4-7,11-12,14,18H,8-10H2,1-3H3. The highest BCUT2D eigenvalue weighted by molar-refractivity contribution is 5.22. The fourth-order valence-corrected chi connectivity index (χ4v) is 2.48. The summed E-state index contributed by atoms with van der Waals surface area (Å²) in [4.78, 5) is 4.37. The average molecular weight is 290 g/mol. The van der Waals surface area contributed by atoms with Gasteiger partial charge < -0.3 is 5.32 Å². The number of benzene rings is 1. The number of hydrogen-bond acceptors (Lipinski definition) is 3. The molecule has 0 fully saturated rings.